The van der Waals surface area contributed by atoms with Gasteiger partial charge in [0, 0.05) is 24.7 Å². The minimum absolute atomic E-state index is 0.0158. The van der Waals surface area contributed by atoms with Crippen molar-refractivity contribution >= 4 is 33.4 Å². The van der Waals surface area contributed by atoms with Crippen molar-refractivity contribution in [1.29, 1.82) is 0 Å². The molecule has 160 valence electrons. The zero-order chi connectivity index (χ0) is 21.4. The van der Waals surface area contributed by atoms with Crippen LogP contribution in [-0.4, -0.2) is 38.9 Å². The molecule has 7 nitrogen and oxygen atoms in total. The summed E-state index contributed by atoms with van der Waals surface area (Å²) in [6, 6.07) is 9.68. The molecule has 8 heteroatoms. The lowest BCUT2D eigenvalue weighted by atomic mass is 9.85. The average Bonchev–Trinajstić information content (AvgIpc) is 3.37. The molecule has 1 N–H and O–H groups in total. The molecular formula is C23H24N4O3S. The highest BCUT2D eigenvalue weighted by atomic mass is 32.1. The zero-order valence-corrected chi connectivity index (χ0v) is 17.9. The van der Waals surface area contributed by atoms with E-state index in [4.69, 9.17) is 0 Å². The summed E-state index contributed by atoms with van der Waals surface area (Å²) in [6.07, 6.45) is 5.19. The second kappa shape index (κ2) is 8.26. The number of hydrogen-bond donors (Lipinski definition) is 1. The van der Waals surface area contributed by atoms with Crippen molar-refractivity contribution in [2.45, 2.75) is 44.8 Å². The van der Waals surface area contributed by atoms with Gasteiger partial charge in [-0.1, -0.05) is 18.2 Å². The van der Waals surface area contributed by atoms with Crippen molar-refractivity contribution in [2.24, 2.45) is 5.92 Å². The van der Waals surface area contributed by atoms with Gasteiger partial charge in [0.1, 0.15) is 11.4 Å². The Morgan fingerprint density at radius 2 is 1.94 bits per heavy atom. The minimum Gasteiger partial charge on any atom is -0.352 e. The average molecular weight is 437 g/mol. The van der Waals surface area contributed by atoms with Crippen LogP contribution < -0.4 is 10.9 Å². The fourth-order valence-corrected chi connectivity index (χ4v) is 5.42. The van der Waals surface area contributed by atoms with Gasteiger partial charge in [0.15, 0.2) is 0 Å². The number of nitrogens with zero attached hydrogens (tertiary/aromatic N) is 3. The summed E-state index contributed by atoms with van der Waals surface area (Å²) in [7, 11) is 0. The van der Waals surface area contributed by atoms with Crippen molar-refractivity contribution < 1.29 is 9.59 Å². The number of rotatable bonds is 5. The van der Waals surface area contributed by atoms with E-state index in [-0.39, 0.29) is 30.0 Å². The van der Waals surface area contributed by atoms with Gasteiger partial charge in [0.25, 0.3) is 11.5 Å². The molecule has 1 aromatic carbocycles. The van der Waals surface area contributed by atoms with Gasteiger partial charge >= 0.3 is 0 Å². The number of amides is 2. The molecule has 1 aliphatic carbocycles. The van der Waals surface area contributed by atoms with E-state index in [2.05, 4.69) is 10.3 Å². The molecule has 2 amide bonds. The van der Waals surface area contributed by atoms with Gasteiger partial charge in [0.2, 0.25) is 5.91 Å². The van der Waals surface area contributed by atoms with E-state index in [0.717, 1.165) is 43.4 Å². The van der Waals surface area contributed by atoms with Gasteiger partial charge in [-0.15, -0.1) is 11.3 Å². The number of benzene rings is 1. The predicted molar refractivity (Wildman–Crippen MR) is 119 cm³/mol. The lowest BCUT2D eigenvalue weighted by Gasteiger charge is -2.31. The summed E-state index contributed by atoms with van der Waals surface area (Å²) in [6.45, 7) is 1.46. The molecule has 31 heavy (non-hydrogen) atoms. The quantitative estimate of drug-likeness (QED) is 0.667. The van der Waals surface area contributed by atoms with Gasteiger partial charge in [-0.05, 0) is 54.7 Å². The molecule has 2 aliphatic rings. The van der Waals surface area contributed by atoms with E-state index in [1.807, 2.05) is 34.5 Å². The van der Waals surface area contributed by atoms with Crippen LogP contribution >= 0.6 is 11.3 Å². The number of carbonyl (C=O) groups excluding carboxylic acids is 2. The van der Waals surface area contributed by atoms with Crippen LogP contribution in [-0.2, 0) is 17.9 Å². The highest BCUT2D eigenvalue weighted by Crippen LogP contribution is 2.29. The van der Waals surface area contributed by atoms with Crippen LogP contribution in [0.1, 0.15) is 41.6 Å². The van der Waals surface area contributed by atoms with E-state index in [0.29, 0.717) is 22.7 Å². The van der Waals surface area contributed by atoms with E-state index < -0.39 is 0 Å². The Morgan fingerprint density at radius 3 is 2.74 bits per heavy atom. The first-order valence-corrected chi connectivity index (χ1v) is 11.6. The van der Waals surface area contributed by atoms with E-state index >= 15 is 0 Å². The topological polar surface area (TPSA) is 84.3 Å². The van der Waals surface area contributed by atoms with Gasteiger partial charge < -0.3 is 10.2 Å². The predicted octanol–water partition coefficient (Wildman–Crippen LogP) is 2.79. The lowest BCUT2D eigenvalue weighted by Crippen LogP contribution is -2.42. The summed E-state index contributed by atoms with van der Waals surface area (Å²) in [5, 5.41) is 5.45. The number of carbonyl (C=O) groups is 2. The molecule has 1 aliphatic heterocycles. The number of fused-ring (bicyclic) bond motifs is 2. The van der Waals surface area contributed by atoms with E-state index in [1.165, 1.54) is 22.2 Å². The number of thiophene rings is 1. The van der Waals surface area contributed by atoms with Crippen molar-refractivity contribution in [3.63, 3.8) is 0 Å². The Labute approximate surface area is 183 Å². The molecule has 3 heterocycles. The third-order valence-electron chi connectivity index (χ3n) is 6.35. The third-order valence-corrected chi connectivity index (χ3v) is 7.17. The molecule has 0 saturated heterocycles. The molecular weight excluding hydrogens is 412 g/mol. The van der Waals surface area contributed by atoms with Crippen LogP contribution in [0.4, 0.5) is 0 Å². The van der Waals surface area contributed by atoms with Gasteiger partial charge in [-0.3, -0.25) is 19.0 Å². The Balaban J connectivity index is 1.12. The third kappa shape index (κ3) is 3.99. The summed E-state index contributed by atoms with van der Waals surface area (Å²) in [5.74, 6) is 0.430. The maximum atomic E-state index is 12.6. The second-order valence-electron chi connectivity index (χ2n) is 8.45. The normalized spacial score (nSPS) is 20.8. The fraction of sp³-hybridized carbons (Fsp3) is 0.391. The first-order chi connectivity index (χ1) is 15.1. The summed E-state index contributed by atoms with van der Waals surface area (Å²) in [5.41, 5.74) is 1.76. The lowest BCUT2D eigenvalue weighted by molar-refractivity contribution is -0.122. The smallest absolute Gasteiger partial charge is 0.262 e. The second-order valence-corrected chi connectivity index (χ2v) is 9.34. The van der Waals surface area contributed by atoms with Gasteiger partial charge in [0.05, 0.1) is 11.7 Å². The molecule has 5 rings (SSSR count). The van der Waals surface area contributed by atoms with Crippen molar-refractivity contribution in [3.8, 4) is 0 Å². The monoisotopic (exact) mass is 436 g/mol. The SMILES string of the molecule is O=C(Cn1cnc2sccc2c1=O)NC1CCC(CN2Cc3ccccc3C2=O)CC1. The molecule has 2 aromatic heterocycles. The van der Waals surface area contributed by atoms with Crippen molar-refractivity contribution in [1.82, 2.24) is 19.8 Å². The van der Waals surface area contributed by atoms with Crippen LogP contribution in [0, 0.1) is 5.92 Å². The van der Waals surface area contributed by atoms with Crippen molar-refractivity contribution in [3.05, 3.63) is 63.5 Å². The number of hydrogen-bond acceptors (Lipinski definition) is 5. The maximum absolute atomic E-state index is 12.6. The molecule has 1 fully saturated rings. The maximum Gasteiger partial charge on any atom is 0.262 e. The first kappa shape index (κ1) is 19.9. The van der Waals surface area contributed by atoms with E-state index in [9.17, 15) is 14.4 Å². The summed E-state index contributed by atoms with van der Waals surface area (Å²) in [4.78, 5) is 44.4. The molecule has 0 atom stereocenters. The fourth-order valence-electron chi connectivity index (χ4n) is 4.70. The van der Waals surface area contributed by atoms with Crippen molar-refractivity contribution in [2.75, 3.05) is 6.54 Å². The largest absolute Gasteiger partial charge is 0.352 e. The molecule has 0 unspecified atom stereocenters. The first-order valence-electron chi connectivity index (χ1n) is 10.7. The summed E-state index contributed by atoms with van der Waals surface area (Å²) < 4.78 is 1.37. The minimum atomic E-state index is -0.179. The van der Waals surface area contributed by atoms with Crippen LogP contribution in [0.5, 0.6) is 0 Å². The number of nitrogens with one attached hydrogen (secondary N) is 1. The molecule has 1 saturated carbocycles. The van der Waals surface area contributed by atoms with Gasteiger partial charge in [-0.2, -0.15) is 0 Å². The Hall–Kier alpha value is -3.00. The Morgan fingerprint density at radius 1 is 1.13 bits per heavy atom. The van der Waals surface area contributed by atoms with Crippen LogP contribution in [0.15, 0.2) is 46.8 Å². The Kier molecular flexibility index (Phi) is 5.31. The van der Waals surface area contributed by atoms with Crippen LogP contribution in [0.2, 0.25) is 0 Å². The molecule has 0 radical (unpaired) electrons. The Bertz CT molecular complexity index is 1190. The van der Waals surface area contributed by atoms with Crippen LogP contribution in [0.25, 0.3) is 10.2 Å². The highest BCUT2D eigenvalue weighted by molar-refractivity contribution is 7.16. The van der Waals surface area contributed by atoms with Crippen LogP contribution in [0.3, 0.4) is 0 Å². The molecule has 0 bridgehead atoms. The number of aromatic nitrogens is 2. The molecule has 0 spiro atoms. The standard InChI is InChI=1S/C23H24N4O3S/c28-20(13-27-14-24-21-19(23(27)30)9-10-31-21)25-17-7-5-15(6-8-17)11-26-12-16-3-1-2-4-18(16)22(26)29/h1-4,9-10,14-15,17H,5-8,11-13H2,(H,25,28). The zero-order valence-electron chi connectivity index (χ0n) is 17.1. The molecule has 3 aromatic rings. The van der Waals surface area contributed by atoms with Gasteiger partial charge in [-0.25, -0.2) is 4.98 Å². The van der Waals surface area contributed by atoms with E-state index in [1.54, 1.807) is 6.07 Å². The highest BCUT2D eigenvalue weighted by Gasteiger charge is 2.30. The summed E-state index contributed by atoms with van der Waals surface area (Å²) >= 11 is 1.42.